The lowest BCUT2D eigenvalue weighted by Crippen LogP contribution is -2.25. The lowest BCUT2D eigenvalue weighted by atomic mass is 10.2. The minimum atomic E-state index is 0.0256. The molecular formula is C16H16BrNO2S. The average Bonchev–Trinajstić information content (AvgIpc) is 2.92. The van der Waals surface area contributed by atoms with Crippen LogP contribution < -0.4 is 4.74 Å². The highest BCUT2D eigenvalue weighted by Crippen LogP contribution is 2.23. The van der Waals surface area contributed by atoms with Gasteiger partial charge in [0.2, 0.25) is 0 Å². The number of hydrogen-bond acceptors (Lipinski definition) is 3. The molecule has 0 bridgehead atoms. The molecule has 0 aliphatic rings. The van der Waals surface area contributed by atoms with E-state index in [-0.39, 0.29) is 5.91 Å². The molecule has 1 heterocycles. The van der Waals surface area contributed by atoms with E-state index in [4.69, 9.17) is 4.74 Å². The fourth-order valence-electron chi connectivity index (χ4n) is 1.81. The zero-order valence-corrected chi connectivity index (χ0v) is 14.1. The van der Waals surface area contributed by atoms with Gasteiger partial charge in [0.05, 0.1) is 8.66 Å². The van der Waals surface area contributed by atoms with Gasteiger partial charge in [-0.25, -0.2) is 0 Å². The monoisotopic (exact) mass is 365 g/mol. The number of amides is 1. The summed E-state index contributed by atoms with van der Waals surface area (Å²) < 4.78 is 6.39. The van der Waals surface area contributed by atoms with E-state index in [1.165, 1.54) is 11.3 Å². The smallest absolute Gasteiger partial charge is 0.264 e. The summed E-state index contributed by atoms with van der Waals surface area (Å²) in [5.74, 6) is 0.826. The Balaban J connectivity index is 1.97. The SMILES string of the molecule is C=CCOc1ccc(CN(C)C(=O)c2ccc(Br)s2)cc1. The first-order valence-electron chi connectivity index (χ1n) is 6.43. The fourth-order valence-corrected chi connectivity index (χ4v) is 3.19. The molecule has 0 fully saturated rings. The van der Waals surface area contributed by atoms with Gasteiger partial charge < -0.3 is 9.64 Å². The Morgan fingerprint density at radius 1 is 1.33 bits per heavy atom. The lowest BCUT2D eigenvalue weighted by molar-refractivity contribution is 0.0790. The van der Waals surface area contributed by atoms with E-state index < -0.39 is 0 Å². The van der Waals surface area contributed by atoms with Gasteiger partial charge in [-0.2, -0.15) is 0 Å². The first-order valence-corrected chi connectivity index (χ1v) is 8.04. The summed E-state index contributed by atoms with van der Waals surface area (Å²) in [7, 11) is 1.80. The molecule has 0 saturated carbocycles. The highest BCUT2D eigenvalue weighted by Gasteiger charge is 2.14. The Morgan fingerprint density at radius 3 is 2.62 bits per heavy atom. The molecule has 1 amide bonds. The number of thiophene rings is 1. The summed E-state index contributed by atoms with van der Waals surface area (Å²) in [5.41, 5.74) is 1.06. The molecule has 2 rings (SSSR count). The molecule has 0 radical (unpaired) electrons. The van der Waals surface area contributed by atoms with Crippen LogP contribution in [0.2, 0.25) is 0 Å². The van der Waals surface area contributed by atoms with Gasteiger partial charge in [-0.15, -0.1) is 11.3 Å². The number of carbonyl (C=O) groups excluding carboxylic acids is 1. The standard InChI is InChI=1S/C16H16BrNO2S/c1-3-10-20-13-6-4-12(5-7-13)11-18(2)16(19)14-8-9-15(17)21-14/h3-9H,1,10-11H2,2H3. The Hall–Kier alpha value is -1.59. The van der Waals surface area contributed by atoms with Gasteiger partial charge in [-0.3, -0.25) is 4.79 Å². The van der Waals surface area contributed by atoms with Crippen molar-refractivity contribution in [2.24, 2.45) is 0 Å². The number of carbonyl (C=O) groups is 1. The van der Waals surface area contributed by atoms with Crippen LogP contribution in [0.3, 0.4) is 0 Å². The molecule has 0 spiro atoms. The predicted molar refractivity (Wildman–Crippen MR) is 90.0 cm³/mol. The van der Waals surface area contributed by atoms with Crippen LogP contribution in [0.4, 0.5) is 0 Å². The summed E-state index contributed by atoms with van der Waals surface area (Å²) in [6.45, 7) is 4.67. The van der Waals surface area contributed by atoms with Crippen LogP contribution in [-0.2, 0) is 6.54 Å². The topological polar surface area (TPSA) is 29.5 Å². The predicted octanol–water partition coefficient (Wildman–Crippen LogP) is 4.35. The van der Waals surface area contributed by atoms with Crippen LogP contribution in [0.5, 0.6) is 5.75 Å². The molecule has 21 heavy (non-hydrogen) atoms. The molecule has 1 aromatic carbocycles. The van der Waals surface area contributed by atoms with Gasteiger partial charge in [0, 0.05) is 13.6 Å². The van der Waals surface area contributed by atoms with E-state index in [0.717, 1.165) is 20.0 Å². The van der Waals surface area contributed by atoms with Gasteiger partial charge in [0.15, 0.2) is 0 Å². The molecule has 0 N–H and O–H groups in total. The molecule has 110 valence electrons. The van der Waals surface area contributed by atoms with Crippen molar-refractivity contribution < 1.29 is 9.53 Å². The normalized spacial score (nSPS) is 10.2. The third-order valence-corrected chi connectivity index (χ3v) is 4.45. The van der Waals surface area contributed by atoms with E-state index in [1.54, 1.807) is 18.0 Å². The molecule has 3 nitrogen and oxygen atoms in total. The van der Waals surface area contributed by atoms with E-state index in [0.29, 0.717) is 13.2 Å². The largest absolute Gasteiger partial charge is 0.490 e. The maximum Gasteiger partial charge on any atom is 0.264 e. The Bertz CT molecular complexity index is 621. The minimum Gasteiger partial charge on any atom is -0.490 e. The number of nitrogens with zero attached hydrogens (tertiary/aromatic N) is 1. The summed E-state index contributed by atoms with van der Waals surface area (Å²) in [6.07, 6.45) is 1.71. The van der Waals surface area contributed by atoms with Gasteiger partial charge in [-0.05, 0) is 45.8 Å². The van der Waals surface area contributed by atoms with E-state index in [9.17, 15) is 4.79 Å². The Labute approximate surface area is 137 Å². The molecule has 0 aliphatic carbocycles. The van der Waals surface area contributed by atoms with Crippen LogP contribution in [-0.4, -0.2) is 24.5 Å². The molecule has 0 unspecified atom stereocenters. The van der Waals surface area contributed by atoms with Crippen molar-refractivity contribution in [1.82, 2.24) is 4.90 Å². The number of halogens is 1. The molecule has 1 aromatic heterocycles. The second kappa shape index (κ2) is 7.43. The van der Waals surface area contributed by atoms with Gasteiger partial charge in [-0.1, -0.05) is 24.8 Å². The number of hydrogen-bond donors (Lipinski definition) is 0. The minimum absolute atomic E-state index is 0.0256. The third kappa shape index (κ3) is 4.44. The Morgan fingerprint density at radius 2 is 2.05 bits per heavy atom. The first kappa shape index (κ1) is 15.8. The number of ether oxygens (including phenoxy) is 1. The van der Waals surface area contributed by atoms with Gasteiger partial charge in [0.25, 0.3) is 5.91 Å². The van der Waals surface area contributed by atoms with Crippen molar-refractivity contribution in [3.63, 3.8) is 0 Å². The molecule has 0 atom stereocenters. The average molecular weight is 366 g/mol. The first-order chi connectivity index (χ1) is 10.1. The van der Waals surface area contributed by atoms with E-state index in [1.807, 2.05) is 36.4 Å². The molecule has 2 aromatic rings. The molecular weight excluding hydrogens is 350 g/mol. The molecule has 5 heteroatoms. The van der Waals surface area contributed by atoms with Crippen LogP contribution in [0.1, 0.15) is 15.2 Å². The zero-order chi connectivity index (χ0) is 15.2. The highest BCUT2D eigenvalue weighted by atomic mass is 79.9. The second-order valence-electron chi connectivity index (χ2n) is 4.51. The molecule has 0 saturated heterocycles. The summed E-state index contributed by atoms with van der Waals surface area (Å²) >= 11 is 4.81. The summed E-state index contributed by atoms with van der Waals surface area (Å²) in [6, 6.07) is 11.5. The van der Waals surface area contributed by atoms with Crippen molar-refractivity contribution in [2.45, 2.75) is 6.54 Å². The highest BCUT2D eigenvalue weighted by molar-refractivity contribution is 9.11. The van der Waals surface area contributed by atoms with Gasteiger partial charge in [0.1, 0.15) is 12.4 Å². The fraction of sp³-hybridized carbons (Fsp3) is 0.188. The van der Waals surface area contributed by atoms with Crippen LogP contribution in [0.25, 0.3) is 0 Å². The van der Waals surface area contributed by atoms with E-state index >= 15 is 0 Å². The van der Waals surface area contributed by atoms with Crippen molar-refractivity contribution in [2.75, 3.05) is 13.7 Å². The third-order valence-electron chi connectivity index (χ3n) is 2.84. The molecule has 0 aliphatic heterocycles. The summed E-state index contributed by atoms with van der Waals surface area (Å²) in [4.78, 5) is 14.7. The maximum absolute atomic E-state index is 12.3. The van der Waals surface area contributed by atoms with Crippen molar-refractivity contribution in [3.8, 4) is 5.75 Å². The van der Waals surface area contributed by atoms with Crippen LogP contribution in [0, 0.1) is 0 Å². The lowest BCUT2D eigenvalue weighted by Gasteiger charge is -2.16. The second-order valence-corrected chi connectivity index (χ2v) is 6.97. The van der Waals surface area contributed by atoms with Gasteiger partial charge >= 0.3 is 0 Å². The van der Waals surface area contributed by atoms with E-state index in [2.05, 4.69) is 22.5 Å². The number of benzene rings is 1. The number of rotatable bonds is 6. The van der Waals surface area contributed by atoms with Crippen LogP contribution >= 0.6 is 27.3 Å². The van der Waals surface area contributed by atoms with Crippen molar-refractivity contribution in [1.29, 1.82) is 0 Å². The maximum atomic E-state index is 12.3. The zero-order valence-electron chi connectivity index (χ0n) is 11.7. The van der Waals surface area contributed by atoms with Crippen molar-refractivity contribution in [3.05, 3.63) is 63.3 Å². The quantitative estimate of drug-likeness (QED) is 0.712. The van der Waals surface area contributed by atoms with Crippen molar-refractivity contribution >= 4 is 33.2 Å². The summed E-state index contributed by atoms with van der Waals surface area (Å²) in [5, 5.41) is 0. The van der Waals surface area contributed by atoms with Crippen LogP contribution in [0.15, 0.2) is 52.8 Å². The Kier molecular flexibility index (Phi) is 5.59.